The van der Waals surface area contributed by atoms with Crippen LogP contribution in [0.15, 0.2) is 24.3 Å². The Morgan fingerprint density at radius 2 is 1.38 bits per heavy atom. The van der Waals surface area contributed by atoms with Gasteiger partial charge in [-0.3, -0.25) is 0 Å². The fourth-order valence-electron chi connectivity index (χ4n) is 3.12. The molecule has 0 N–H and O–H groups in total. The molecular formula is C22H41Br2N3O2. The molecule has 170 valence electrons. The van der Waals surface area contributed by atoms with Gasteiger partial charge in [0.1, 0.15) is 12.3 Å². The molecule has 0 bridgehead atoms. The second-order valence-electron chi connectivity index (χ2n) is 9.47. The Balaban J connectivity index is 0. The maximum Gasteiger partial charge on any atom is 0.414 e. The van der Waals surface area contributed by atoms with Crippen LogP contribution in [0.3, 0.4) is 0 Å². The molecule has 0 aliphatic rings. The number of rotatable bonds is 11. The van der Waals surface area contributed by atoms with Gasteiger partial charge < -0.3 is 52.6 Å². The molecule has 5 nitrogen and oxygen atoms in total. The second kappa shape index (κ2) is 14.4. The highest BCUT2D eigenvalue weighted by molar-refractivity contribution is 5.70. The fourth-order valence-corrected chi connectivity index (χ4v) is 3.12. The molecule has 0 spiro atoms. The number of amides is 1. The van der Waals surface area contributed by atoms with Crippen LogP contribution in [-0.4, -0.2) is 82.4 Å². The standard InChI is InChI=1S/C22H41N3O2.2BrH/c1-23(2)22(26)27-21-16-12-11-15-20(21)19-25(6,7)18-14-10-8-9-13-17-24(3,4)5;;/h11-12,15-16H,8-10,13-14,17-19H2,1-7H3;2*1H/q+2;;/p-2. The number of hydrogen-bond acceptors (Lipinski definition) is 2. The number of ether oxygens (including phenoxy) is 1. The van der Waals surface area contributed by atoms with Crippen LogP contribution in [0.4, 0.5) is 4.79 Å². The van der Waals surface area contributed by atoms with Gasteiger partial charge in [0.05, 0.1) is 48.3 Å². The van der Waals surface area contributed by atoms with Crippen molar-refractivity contribution in [2.24, 2.45) is 0 Å². The molecule has 0 aliphatic carbocycles. The highest BCUT2D eigenvalue weighted by Gasteiger charge is 2.19. The molecule has 1 aromatic rings. The van der Waals surface area contributed by atoms with Crippen molar-refractivity contribution >= 4 is 6.09 Å². The van der Waals surface area contributed by atoms with E-state index in [-0.39, 0.29) is 40.1 Å². The van der Waals surface area contributed by atoms with Crippen molar-refractivity contribution in [3.8, 4) is 5.75 Å². The third-order valence-corrected chi connectivity index (χ3v) is 4.73. The Morgan fingerprint density at radius 1 is 0.862 bits per heavy atom. The average Bonchev–Trinajstić information content (AvgIpc) is 2.54. The number of halogens is 2. The number of benzene rings is 1. The molecule has 0 saturated carbocycles. The summed E-state index contributed by atoms with van der Waals surface area (Å²) >= 11 is 0. The summed E-state index contributed by atoms with van der Waals surface area (Å²) in [5.74, 6) is 0.669. The molecule has 29 heavy (non-hydrogen) atoms. The maximum absolute atomic E-state index is 11.9. The number of para-hydroxylation sites is 1. The first-order valence-electron chi connectivity index (χ1n) is 10.1. The van der Waals surface area contributed by atoms with Crippen LogP contribution in [0.5, 0.6) is 5.75 Å². The summed E-state index contributed by atoms with van der Waals surface area (Å²) in [6, 6.07) is 7.86. The monoisotopic (exact) mass is 537 g/mol. The third-order valence-electron chi connectivity index (χ3n) is 4.73. The largest absolute Gasteiger partial charge is 1.00 e. The number of hydrogen-bond donors (Lipinski definition) is 0. The molecule has 0 aromatic heterocycles. The molecule has 1 aromatic carbocycles. The van der Waals surface area contributed by atoms with Crippen molar-refractivity contribution in [3.05, 3.63) is 29.8 Å². The molecule has 0 heterocycles. The Kier molecular flexibility index (Phi) is 15.2. The van der Waals surface area contributed by atoms with Crippen LogP contribution in [-0.2, 0) is 6.54 Å². The molecule has 0 radical (unpaired) electrons. The summed E-state index contributed by atoms with van der Waals surface area (Å²) in [4.78, 5) is 13.3. The minimum Gasteiger partial charge on any atom is -1.00 e. The lowest BCUT2D eigenvalue weighted by atomic mass is 10.1. The fraction of sp³-hybridized carbons (Fsp3) is 0.682. The average molecular weight is 539 g/mol. The van der Waals surface area contributed by atoms with Gasteiger partial charge in [-0.2, -0.15) is 0 Å². The second-order valence-corrected chi connectivity index (χ2v) is 9.47. The predicted molar refractivity (Wildman–Crippen MR) is 113 cm³/mol. The summed E-state index contributed by atoms with van der Waals surface area (Å²) in [5.41, 5.74) is 1.08. The Morgan fingerprint density at radius 3 is 1.93 bits per heavy atom. The molecule has 0 fully saturated rings. The third kappa shape index (κ3) is 14.1. The van der Waals surface area contributed by atoms with Crippen molar-refractivity contribution < 1.29 is 52.5 Å². The topological polar surface area (TPSA) is 29.5 Å². The number of carbonyl (C=O) groups is 1. The predicted octanol–water partition coefficient (Wildman–Crippen LogP) is -2.01. The lowest BCUT2D eigenvalue weighted by Gasteiger charge is -2.30. The highest BCUT2D eigenvalue weighted by atomic mass is 79.9. The van der Waals surface area contributed by atoms with Crippen LogP contribution in [0.25, 0.3) is 0 Å². The zero-order valence-corrected chi connectivity index (χ0v) is 22.6. The number of quaternary nitrogens is 2. The van der Waals surface area contributed by atoms with Gasteiger partial charge in [-0.1, -0.05) is 18.6 Å². The molecule has 0 atom stereocenters. The van der Waals surface area contributed by atoms with Gasteiger partial charge >= 0.3 is 6.09 Å². The molecule has 1 amide bonds. The lowest BCUT2D eigenvalue weighted by Crippen LogP contribution is -3.00. The van der Waals surface area contributed by atoms with E-state index < -0.39 is 0 Å². The van der Waals surface area contributed by atoms with E-state index in [1.165, 1.54) is 43.5 Å². The van der Waals surface area contributed by atoms with E-state index in [1.807, 2.05) is 18.2 Å². The van der Waals surface area contributed by atoms with Gasteiger partial charge in [-0.25, -0.2) is 4.79 Å². The van der Waals surface area contributed by atoms with E-state index in [2.05, 4.69) is 41.3 Å². The summed E-state index contributed by atoms with van der Waals surface area (Å²) in [7, 11) is 14.7. The van der Waals surface area contributed by atoms with Crippen LogP contribution in [0, 0.1) is 0 Å². The number of unbranched alkanes of at least 4 members (excludes halogenated alkanes) is 4. The van der Waals surface area contributed by atoms with E-state index >= 15 is 0 Å². The first-order valence-corrected chi connectivity index (χ1v) is 10.1. The van der Waals surface area contributed by atoms with Gasteiger partial charge in [0.2, 0.25) is 0 Å². The van der Waals surface area contributed by atoms with Crippen molar-refractivity contribution in [1.29, 1.82) is 0 Å². The Bertz CT molecular complexity index is 588. The van der Waals surface area contributed by atoms with E-state index in [0.29, 0.717) is 5.75 Å². The number of carbonyl (C=O) groups excluding carboxylic acids is 1. The minimum absolute atomic E-state index is 0. The summed E-state index contributed by atoms with van der Waals surface area (Å²) in [6.07, 6.45) is 6.14. The highest BCUT2D eigenvalue weighted by Crippen LogP contribution is 2.23. The molecule has 0 saturated heterocycles. The zero-order valence-electron chi connectivity index (χ0n) is 19.4. The van der Waals surface area contributed by atoms with Gasteiger partial charge in [0, 0.05) is 19.7 Å². The molecule has 1 rings (SSSR count). The minimum atomic E-state index is -0.332. The van der Waals surface area contributed by atoms with Crippen molar-refractivity contribution in [2.75, 3.05) is 62.4 Å². The van der Waals surface area contributed by atoms with Gasteiger partial charge in [-0.05, 0) is 37.8 Å². The van der Waals surface area contributed by atoms with Crippen molar-refractivity contribution in [1.82, 2.24) is 4.90 Å². The smallest absolute Gasteiger partial charge is 0.414 e. The number of nitrogens with zero attached hydrogens (tertiary/aromatic N) is 3. The maximum atomic E-state index is 11.9. The molecule has 7 heteroatoms. The van der Waals surface area contributed by atoms with E-state index in [9.17, 15) is 4.79 Å². The SMILES string of the molecule is CN(C)C(=O)Oc1ccccc1C[N+](C)(C)CCCCCCC[N+](C)(C)C.[Br-].[Br-]. The summed E-state index contributed by atoms with van der Waals surface area (Å²) < 4.78 is 7.48. The van der Waals surface area contributed by atoms with Crippen molar-refractivity contribution in [3.63, 3.8) is 0 Å². The van der Waals surface area contributed by atoms with E-state index in [1.54, 1.807) is 14.1 Å². The summed E-state index contributed by atoms with van der Waals surface area (Å²) in [6.45, 7) is 3.24. The van der Waals surface area contributed by atoms with Crippen molar-refractivity contribution in [2.45, 2.75) is 38.6 Å². The first-order chi connectivity index (χ1) is 12.5. The van der Waals surface area contributed by atoms with Gasteiger partial charge in [0.25, 0.3) is 0 Å². The molecule has 0 aliphatic heterocycles. The molecule has 0 unspecified atom stereocenters. The Labute approximate surface area is 199 Å². The quantitative estimate of drug-likeness (QED) is 0.241. The summed E-state index contributed by atoms with van der Waals surface area (Å²) in [5, 5.41) is 0. The normalized spacial score (nSPS) is 11.3. The van der Waals surface area contributed by atoms with Gasteiger partial charge in [0.15, 0.2) is 0 Å². The van der Waals surface area contributed by atoms with Crippen LogP contribution in [0.1, 0.15) is 37.7 Å². The zero-order chi connectivity index (χ0) is 20.5. The molecular weight excluding hydrogens is 498 g/mol. The van der Waals surface area contributed by atoms with Crippen LogP contribution in [0.2, 0.25) is 0 Å². The van der Waals surface area contributed by atoms with Crippen LogP contribution < -0.4 is 38.7 Å². The van der Waals surface area contributed by atoms with E-state index in [0.717, 1.165) is 27.6 Å². The lowest BCUT2D eigenvalue weighted by molar-refractivity contribution is -0.903. The van der Waals surface area contributed by atoms with E-state index in [4.69, 9.17) is 4.74 Å². The first kappa shape index (κ1) is 30.6. The van der Waals surface area contributed by atoms with Gasteiger partial charge in [-0.15, -0.1) is 0 Å². The van der Waals surface area contributed by atoms with Crippen LogP contribution >= 0.6 is 0 Å². The Hall–Kier alpha value is -0.630.